The molecule has 0 bridgehead atoms. The highest BCUT2D eigenvalue weighted by atomic mass is 16.4. The average Bonchev–Trinajstić information content (AvgIpc) is 2.12. The summed E-state index contributed by atoms with van der Waals surface area (Å²) in [5, 5.41) is 8.48. The summed E-state index contributed by atoms with van der Waals surface area (Å²) in [6.07, 6.45) is 4.53. The van der Waals surface area contributed by atoms with Gasteiger partial charge in [0.25, 0.3) is 0 Å². The summed E-state index contributed by atoms with van der Waals surface area (Å²) in [5.74, 6) is -0.521. The molecule has 0 aliphatic rings. The lowest BCUT2D eigenvalue weighted by Crippen LogP contribution is -2.30. The fourth-order valence-corrected chi connectivity index (χ4v) is 0.866. The number of carboxylic acids is 1. The van der Waals surface area contributed by atoms with Gasteiger partial charge in [0.15, 0.2) is 0 Å². The van der Waals surface area contributed by atoms with Crippen molar-refractivity contribution in [3.05, 3.63) is 12.2 Å². The molecule has 0 amide bonds. The molecule has 0 aromatic rings. The normalized spacial score (nSPS) is 14.6. The van der Waals surface area contributed by atoms with Crippen LogP contribution in [0.2, 0.25) is 0 Å². The van der Waals surface area contributed by atoms with E-state index in [9.17, 15) is 4.79 Å². The van der Waals surface area contributed by atoms with Gasteiger partial charge >= 0.3 is 5.97 Å². The van der Waals surface area contributed by atoms with Crippen molar-refractivity contribution in [2.75, 3.05) is 6.54 Å². The molecule has 5 nitrogen and oxygen atoms in total. The minimum Gasteiger partial charge on any atom is -0.480 e. The Kier molecular flexibility index (Phi) is 6.39. The Morgan fingerprint density at radius 3 is 2.79 bits per heavy atom. The molecule has 0 aliphatic heterocycles. The average molecular weight is 199 g/mol. The predicted molar refractivity (Wildman–Crippen MR) is 56.1 cm³/mol. The van der Waals surface area contributed by atoms with Crippen LogP contribution in [0.4, 0.5) is 0 Å². The van der Waals surface area contributed by atoms with Crippen LogP contribution < -0.4 is 11.5 Å². The fourth-order valence-electron chi connectivity index (χ4n) is 0.866. The molecule has 0 rings (SSSR count). The van der Waals surface area contributed by atoms with E-state index >= 15 is 0 Å². The highest BCUT2D eigenvalue weighted by Crippen LogP contribution is 1.95. The number of nitrogens with zero attached hydrogens (tertiary/aromatic N) is 1. The van der Waals surface area contributed by atoms with Crippen molar-refractivity contribution >= 4 is 11.8 Å². The number of aliphatic imine (C=N–C) groups is 1. The highest BCUT2D eigenvalue weighted by molar-refractivity contribution is 5.91. The first kappa shape index (κ1) is 12.6. The second-order valence-electron chi connectivity index (χ2n) is 2.89. The van der Waals surface area contributed by atoms with Gasteiger partial charge < -0.3 is 16.6 Å². The minimum atomic E-state index is -0.976. The van der Waals surface area contributed by atoms with Crippen LogP contribution in [-0.4, -0.2) is 29.5 Å². The topological polar surface area (TPSA) is 102 Å². The van der Waals surface area contributed by atoms with Crippen LogP contribution in [0, 0.1) is 0 Å². The maximum Gasteiger partial charge on any atom is 0.320 e. The molecule has 5 N–H and O–H groups in total. The summed E-state index contributed by atoms with van der Waals surface area (Å²) < 4.78 is 0. The quantitative estimate of drug-likeness (QED) is 0.321. The van der Waals surface area contributed by atoms with Crippen molar-refractivity contribution < 1.29 is 9.90 Å². The number of allylic oxidation sites excluding steroid dienone is 1. The van der Waals surface area contributed by atoms with Crippen molar-refractivity contribution in [3.63, 3.8) is 0 Å². The van der Waals surface area contributed by atoms with E-state index in [-0.39, 0.29) is 0 Å². The number of hydrogen-bond acceptors (Lipinski definition) is 3. The Bertz CT molecular complexity index is 236. The first-order valence-electron chi connectivity index (χ1n) is 4.49. The van der Waals surface area contributed by atoms with Gasteiger partial charge in [-0.05, 0) is 25.8 Å². The molecule has 0 saturated carbocycles. The molecule has 0 aliphatic carbocycles. The van der Waals surface area contributed by atoms with E-state index in [2.05, 4.69) is 4.99 Å². The summed E-state index contributed by atoms with van der Waals surface area (Å²) in [5.41, 5.74) is 10.8. The summed E-state index contributed by atoms with van der Waals surface area (Å²) in [4.78, 5) is 14.3. The number of carboxylic acid groups (broad SMARTS) is 1. The molecule has 0 fully saturated rings. The lowest BCUT2D eigenvalue weighted by Gasteiger charge is -2.03. The standard InChI is InChI=1S/C9H17N3O2/c1-2-4-8(11)12-6-3-5-7(10)9(13)14/h2,4,7H,3,5-6,10H2,1H3,(H2,11,12)(H,13,14)/t7-/m0/s1. The first-order valence-corrected chi connectivity index (χ1v) is 4.49. The van der Waals surface area contributed by atoms with Crippen molar-refractivity contribution in [2.45, 2.75) is 25.8 Å². The Hall–Kier alpha value is -1.36. The number of rotatable bonds is 6. The smallest absolute Gasteiger partial charge is 0.320 e. The van der Waals surface area contributed by atoms with Crippen LogP contribution in [0.1, 0.15) is 19.8 Å². The molecule has 0 heterocycles. The van der Waals surface area contributed by atoms with Gasteiger partial charge in [-0.25, -0.2) is 0 Å². The Morgan fingerprint density at radius 1 is 1.64 bits per heavy atom. The predicted octanol–water partition coefficient (Wildman–Crippen LogP) is 0.112. The largest absolute Gasteiger partial charge is 0.480 e. The van der Waals surface area contributed by atoms with Crippen molar-refractivity contribution in [1.82, 2.24) is 0 Å². The second kappa shape index (κ2) is 7.08. The van der Waals surface area contributed by atoms with Crippen molar-refractivity contribution in [3.8, 4) is 0 Å². The van der Waals surface area contributed by atoms with Gasteiger partial charge in [0.1, 0.15) is 11.9 Å². The molecular formula is C9H17N3O2. The molecule has 5 heteroatoms. The lowest BCUT2D eigenvalue weighted by molar-refractivity contribution is -0.138. The maximum absolute atomic E-state index is 10.3. The summed E-state index contributed by atoms with van der Waals surface area (Å²) in [6.45, 7) is 2.36. The first-order chi connectivity index (χ1) is 6.57. The summed E-state index contributed by atoms with van der Waals surface area (Å²) >= 11 is 0. The molecule has 80 valence electrons. The van der Waals surface area contributed by atoms with E-state index in [0.717, 1.165) is 0 Å². The highest BCUT2D eigenvalue weighted by Gasteiger charge is 2.09. The van der Waals surface area contributed by atoms with Crippen LogP contribution in [0.25, 0.3) is 0 Å². The number of hydrogen-bond donors (Lipinski definition) is 3. The zero-order chi connectivity index (χ0) is 11.0. The second-order valence-corrected chi connectivity index (χ2v) is 2.89. The van der Waals surface area contributed by atoms with Gasteiger partial charge in [-0.3, -0.25) is 9.79 Å². The fraction of sp³-hybridized carbons (Fsp3) is 0.556. The van der Waals surface area contributed by atoms with E-state index in [0.29, 0.717) is 25.2 Å². The van der Waals surface area contributed by atoms with Crippen LogP contribution in [0.15, 0.2) is 17.1 Å². The van der Waals surface area contributed by atoms with Gasteiger partial charge in [-0.15, -0.1) is 0 Å². The number of amidine groups is 1. The van der Waals surface area contributed by atoms with E-state index in [1.54, 1.807) is 12.2 Å². The number of carbonyl (C=O) groups is 1. The third-order valence-corrected chi connectivity index (χ3v) is 1.62. The number of nitrogens with two attached hydrogens (primary N) is 2. The van der Waals surface area contributed by atoms with Crippen molar-refractivity contribution in [1.29, 1.82) is 0 Å². The van der Waals surface area contributed by atoms with Crippen LogP contribution in [0.3, 0.4) is 0 Å². The molecule has 1 atom stereocenters. The Morgan fingerprint density at radius 2 is 2.29 bits per heavy atom. The molecule has 14 heavy (non-hydrogen) atoms. The SMILES string of the molecule is CC=CC(N)=NCCC[C@H](N)C(=O)O. The van der Waals surface area contributed by atoms with Gasteiger partial charge in [0.05, 0.1) is 0 Å². The van der Waals surface area contributed by atoms with Gasteiger partial charge in [0, 0.05) is 6.54 Å². The third-order valence-electron chi connectivity index (χ3n) is 1.62. The zero-order valence-corrected chi connectivity index (χ0v) is 8.31. The Labute approximate surface area is 83.5 Å². The van der Waals surface area contributed by atoms with Crippen LogP contribution in [-0.2, 0) is 4.79 Å². The monoisotopic (exact) mass is 199 g/mol. The summed E-state index contributed by atoms with van der Waals surface area (Å²) in [7, 11) is 0. The molecule has 0 saturated heterocycles. The Balaban J connectivity index is 3.65. The van der Waals surface area contributed by atoms with E-state index in [1.165, 1.54) is 0 Å². The lowest BCUT2D eigenvalue weighted by atomic mass is 10.2. The molecule has 0 unspecified atom stereocenters. The molecule has 0 aromatic heterocycles. The van der Waals surface area contributed by atoms with E-state index in [1.807, 2.05) is 6.92 Å². The van der Waals surface area contributed by atoms with Gasteiger partial charge in [0.2, 0.25) is 0 Å². The zero-order valence-electron chi connectivity index (χ0n) is 8.31. The molecule has 0 aromatic carbocycles. The third kappa shape index (κ3) is 6.19. The van der Waals surface area contributed by atoms with E-state index < -0.39 is 12.0 Å². The maximum atomic E-state index is 10.3. The molecule has 0 radical (unpaired) electrons. The van der Waals surface area contributed by atoms with Crippen LogP contribution >= 0.6 is 0 Å². The van der Waals surface area contributed by atoms with Crippen molar-refractivity contribution in [2.24, 2.45) is 16.5 Å². The molecule has 0 spiro atoms. The van der Waals surface area contributed by atoms with Gasteiger partial charge in [-0.1, -0.05) is 6.08 Å². The minimum absolute atomic E-state index is 0.419. The van der Waals surface area contributed by atoms with Crippen LogP contribution in [0.5, 0.6) is 0 Å². The summed E-state index contributed by atoms with van der Waals surface area (Å²) in [6, 6.07) is -0.798. The molecular weight excluding hydrogens is 182 g/mol. The van der Waals surface area contributed by atoms with Gasteiger partial charge in [-0.2, -0.15) is 0 Å². The van der Waals surface area contributed by atoms with E-state index in [4.69, 9.17) is 16.6 Å². The number of aliphatic carboxylic acids is 1.